The summed E-state index contributed by atoms with van der Waals surface area (Å²) in [6.45, 7) is 1.37. The average molecular weight is 384 g/mol. The number of hydrogen-bond acceptors (Lipinski definition) is 3. The lowest BCUT2D eigenvalue weighted by Crippen LogP contribution is -2.40. The largest absolute Gasteiger partial charge is 0.365 e. The van der Waals surface area contributed by atoms with E-state index in [1.807, 2.05) is 0 Å². The second-order valence-corrected chi connectivity index (χ2v) is 7.79. The van der Waals surface area contributed by atoms with Crippen LogP contribution >= 0.6 is 0 Å². The first-order valence-corrected chi connectivity index (χ1v) is 9.96. The lowest BCUT2D eigenvalue weighted by Gasteiger charge is -2.30. The topological polar surface area (TPSA) is 81.2 Å². The molecule has 2 heterocycles. The summed E-state index contributed by atoms with van der Waals surface area (Å²) in [5.41, 5.74) is 7.44. The summed E-state index contributed by atoms with van der Waals surface area (Å²) >= 11 is 0. The zero-order valence-electron chi connectivity index (χ0n) is 15.9. The molecule has 1 aromatic carbocycles. The second-order valence-electron chi connectivity index (χ2n) is 7.79. The maximum absolute atomic E-state index is 13.7. The van der Waals surface area contributed by atoms with Gasteiger partial charge in [-0.1, -0.05) is 31.4 Å². The molecule has 1 aliphatic carbocycles. The van der Waals surface area contributed by atoms with Gasteiger partial charge in [-0.15, -0.1) is 0 Å². The van der Waals surface area contributed by atoms with Crippen LogP contribution in [0.15, 0.2) is 24.3 Å². The normalized spacial score (nSPS) is 17.4. The van der Waals surface area contributed by atoms with E-state index in [2.05, 4.69) is 5.10 Å². The van der Waals surface area contributed by atoms with Gasteiger partial charge in [0.05, 0.1) is 24.3 Å². The quantitative estimate of drug-likeness (QED) is 0.879. The number of halogens is 1. The lowest BCUT2D eigenvalue weighted by atomic mass is 9.86. The van der Waals surface area contributed by atoms with Crippen molar-refractivity contribution in [2.24, 2.45) is 11.7 Å². The molecule has 148 valence electrons. The Morgan fingerprint density at radius 2 is 1.96 bits per heavy atom. The van der Waals surface area contributed by atoms with Crippen molar-refractivity contribution in [1.29, 1.82) is 0 Å². The fourth-order valence-electron chi connectivity index (χ4n) is 4.39. The van der Waals surface area contributed by atoms with Gasteiger partial charge >= 0.3 is 0 Å². The van der Waals surface area contributed by atoms with Crippen LogP contribution in [0.25, 0.3) is 11.3 Å². The van der Waals surface area contributed by atoms with Crippen LogP contribution in [-0.4, -0.2) is 33.0 Å². The third-order valence-electron chi connectivity index (χ3n) is 5.87. The predicted octanol–water partition coefficient (Wildman–Crippen LogP) is 3.10. The van der Waals surface area contributed by atoms with E-state index >= 15 is 0 Å². The van der Waals surface area contributed by atoms with Crippen LogP contribution in [0.2, 0.25) is 0 Å². The fraction of sp³-hybridized carbons (Fsp3) is 0.476. The van der Waals surface area contributed by atoms with Crippen LogP contribution in [0.5, 0.6) is 0 Å². The summed E-state index contributed by atoms with van der Waals surface area (Å²) in [4.78, 5) is 26.8. The number of benzene rings is 1. The molecule has 7 heteroatoms. The average Bonchev–Trinajstić information content (AvgIpc) is 3.07. The number of nitrogens with zero attached hydrogens (tertiary/aromatic N) is 3. The smallest absolute Gasteiger partial charge is 0.252 e. The molecule has 6 nitrogen and oxygen atoms in total. The number of carbonyl (C=O) groups is 2. The summed E-state index contributed by atoms with van der Waals surface area (Å²) in [6.07, 6.45) is 6.47. The van der Waals surface area contributed by atoms with E-state index in [1.165, 1.54) is 31.4 Å². The monoisotopic (exact) mass is 384 g/mol. The van der Waals surface area contributed by atoms with Crippen molar-refractivity contribution in [2.45, 2.75) is 51.6 Å². The molecule has 2 aromatic rings. The predicted molar refractivity (Wildman–Crippen MR) is 103 cm³/mol. The summed E-state index contributed by atoms with van der Waals surface area (Å²) in [5.74, 6) is -0.418. The molecule has 1 aromatic heterocycles. The first-order chi connectivity index (χ1) is 13.5. The van der Waals surface area contributed by atoms with Gasteiger partial charge in [0.25, 0.3) is 5.91 Å². The molecule has 1 fully saturated rings. The molecule has 4 rings (SSSR count). The van der Waals surface area contributed by atoms with Crippen molar-refractivity contribution < 1.29 is 14.0 Å². The second kappa shape index (κ2) is 7.73. The first-order valence-electron chi connectivity index (χ1n) is 9.96. The maximum Gasteiger partial charge on any atom is 0.252 e. The van der Waals surface area contributed by atoms with Crippen molar-refractivity contribution in [2.75, 3.05) is 6.54 Å². The van der Waals surface area contributed by atoms with Crippen molar-refractivity contribution >= 4 is 11.8 Å². The van der Waals surface area contributed by atoms with E-state index in [9.17, 15) is 14.0 Å². The Labute approximate surface area is 163 Å². The number of fused-ring (bicyclic) bond motifs is 1. The fourth-order valence-corrected chi connectivity index (χ4v) is 4.39. The highest BCUT2D eigenvalue weighted by molar-refractivity contribution is 6.00. The maximum atomic E-state index is 13.7. The molecule has 0 radical (unpaired) electrons. The van der Waals surface area contributed by atoms with E-state index in [0.29, 0.717) is 48.9 Å². The molecule has 0 bridgehead atoms. The van der Waals surface area contributed by atoms with E-state index in [1.54, 1.807) is 21.7 Å². The molecular formula is C21H25FN4O2. The van der Waals surface area contributed by atoms with Crippen LogP contribution in [0.4, 0.5) is 4.39 Å². The molecule has 2 N–H and O–H groups in total. The Kier molecular flexibility index (Phi) is 5.15. The number of nitrogens with two attached hydrogens (primary N) is 1. The minimum atomic E-state index is -0.609. The van der Waals surface area contributed by atoms with Gasteiger partial charge in [-0.05, 0) is 30.9 Å². The van der Waals surface area contributed by atoms with Crippen LogP contribution < -0.4 is 5.73 Å². The minimum Gasteiger partial charge on any atom is -0.365 e. The standard InChI is InChI=1S/C21H25FN4O2/c22-16-8-4-7-15(12-16)20-19(21(23)28)17-13-25(9-10-26(17)24-20)18(27)11-14-5-2-1-3-6-14/h4,7-8,12,14H,1-3,5-6,9-11,13H2,(H2,23,28). The van der Waals surface area contributed by atoms with Crippen LogP contribution in [0.1, 0.15) is 54.6 Å². The van der Waals surface area contributed by atoms with Gasteiger partial charge in [0.15, 0.2) is 0 Å². The Balaban J connectivity index is 1.59. The third-order valence-corrected chi connectivity index (χ3v) is 5.87. The van der Waals surface area contributed by atoms with Gasteiger partial charge < -0.3 is 10.6 Å². The molecule has 0 saturated heterocycles. The molecular weight excluding hydrogens is 359 g/mol. The third kappa shape index (κ3) is 3.66. The number of rotatable bonds is 4. The number of carbonyl (C=O) groups excluding carboxylic acids is 2. The highest BCUT2D eigenvalue weighted by atomic mass is 19.1. The van der Waals surface area contributed by atoms with Crippen molar-refractivity contribution in [3.05, 3.63) is 41.3 Å². The van der Waals surface area contributed by atoms with Crippen molar-refractivity contribution in [3.63, 3.8) is 0 Å². The summed E-state index contributed by atoms with van der Waals surface area (Å²) in [6, 6.07) is 5.96. The zero-order chi connectivity index (χ0) is 19.7. The summed E-state index contributed by atoms with van der Waals surface area (Å²) in [7, 11) is 0. The summed E-state index contributed by atoms with van der Waals surface area (Å²) < 4.78 is 15.4. The lowest BCUT2D eigenvalue weighted by molar-refractivity contribution is -0.134. The molecule has 0 unspecified atom stereocenters. The van der Waals surface area contributed by atoms with Gasteiger partial charge in [0, 0.05) is 18.5 Å². The molecule has 1 aliphatic heterocycles. The summed E-state index contributed by atoms with van der Waals surface area (Å²) in [5, 5.41) is 4.50. The molecule has 28 heavy (non-hydrogen) atoms. The highest BCUT2D eigenvalue weighted by Gasteiger charge is 2.30. The molecule has 1 saturated carbocycles. The molecule has 0 atom stereocenters. The van der Waals surface area contributed by atoms with E-state index in [-0.39, 0.29) is 11.5 Å². The van der Waals surface area contributed by atoms with E-state index < -0.39 is 11.7 Å². The van der Waals surface area contributed by atoms with Crippen LogP contribution in [-0.2, 0) is 17.9 Å². The minimum absolute atomic E-state index is 0.127. The van der Waals surface area contributed by atoms with Gasteiger partial charge in [-0.2, -0.15) is 5.10 Å². The molecule has 0 spiro atoms. The Morgan fingerprint density at radius 3 is 2.68 bits per heavy atom. The van der Waals surface area contributed by atoms with Gasteiger partial charge in [-0.3, -0.25) is 14.3 Å². The van der Waals surface area contributed by atoms with Gasteiger partial charge in [0.2, 0.25) is 5.91 Å². The van der Waals surface area contributed by atoms with E-state index in [0.717, 1.165) is 12.8 Å². The SMILES string of the molecule is NC(=O)c1c(-c2cccc(F)c2)nn2c1CN(C(=O)CC1CCCCC1)CC2. The Hall–Kier alpha value is -2.70. The highest BCUT2D eigenvalue weighted by Crippen LogP contribution is 2.30. The zero-order valence-corrected chi connectivity index (χ0v) is 15.9. The number of amides is 2. The number of aromatic nitrogens is 2. The Bertz CT molecular complexity index is 902. The Morgan fingerprint density at radius 1 is 1.18 bits per heavy atom. The van der Waals surface area contributed by atoms with Crippen LogP contribution in [0.3, 0.4) is 0 Å². The van der Waals surface area contributed by atoms with Gasteiger partial charge in [0.1, 0.15) is 11.5 Å². The van der Waals surface area contributed by atoms with Crippen molar-refractivity contribution in [3.8, 4) is 11.3 Å². The van der Waals surface area contributed by atoms with Crippen LogP contribution in [0, 0.1) is 11.7 Å². The number of primary amides is 1. The van der Waals surface area contributed by atoms with Crippen molar-refractivity contribution in [1.82, 2.24) is 14.7 Å². The first kappa shape index (κ1) is 18.7. The van der Waals surface area contributed by atoms with Gasteiger partial charge in [-0.25, -0.2) is 4.39 Å². The number of hydrogen-bond donors (Lipinski definition) is 1. The van der Waals surface area contributed by atoms with E-state index in [4.69, 9.17) is 5.73 Å². The molecule has 2 amide bonds. The molecule has 2 aliphatic rings.